The van der Waals surface area contributed by atoms with Gasteiger partial charge in [-0.2, -0.15) is 0 Å². The topological polar surface area (TPSA) is 71.3 Å². The number of amides is 1. The number of fused-ring (bicyclic) bond motifs is 3. The van der Waals surface area contributed by atoms with Gasteiger partial charge in [-0.3, -0.25) is 9.59 Å². The Morgan fingerprint density at radius 2 is 1.81 bits per heavy atom. The summed E-state index contributed by atoms with van der Waals surface area (Å²) in [6.07, 6.45) is 4.37. The van der Waals surface area contributed by atoms with Crippen molar-refractivity contribution in [2.24, 2.45) is 0 Å². The number of carboxylic acids is 1. The molecule has 5 heteroatoms. The summed E-state index contributed by atoms with van der Waals surface area (Å²) in [5.41, 5.74) is 5.00. The number of nitrogens with one attached hydrogen (secondary N) is 1. The standard InChI is InChI=1S/C22H22N2O3/c25-21(26)12-13-24-19-9-5-4-8-17(19)18-14-16(10-11-20(18)24)23-22(27)15-6-2-1-3-7-15/h1-3,6-7,10-11,14H,4-5,8-9,12-13H2,(H,23,27)(H,25,26). The molecule has 0 aliphatic heterocycles. The number of anilines is 1. The van der Waals surface area contributed by atoms with Crippen LogP contribution in [0.25, 0.3) is 10.9 Å². The normalized spacial score (nSPS) is 13.3. The fourth-order valence-corrected chi connectivity index (χ4v) is 3.97. The highest BCUT2D eigenvalue weighted by atomic mass is 16.4. The van der Waals surface area contributed by atoms with Crippen molar-refractivity contribution in [3.63, 3.8) is 0 Å². The van der Waals surface area contributed by atoms with Crippen LogP contribution in [0.4, 0.5) is 5.69 Å². The van der Waals surface area contributed by atoms with Gasteiger partial charge in [0.1, 0.15) is 0 Å². The molecule has 0 radical (unpaired) electrons. The van der Waals surface area contributed by atoms with Gasteiger partial charge in [0.2, 0.25) is 0 Å². The van der Waals surface area contributed by atoms with Crippen molar-refractivity contribution in [3.05, 3.63) is 65.4 Å². The number of aromatic nitrogens is 1. The Morgan fingerprint density at radius 3 is 2.59 bits per heavy atom. The lowest BCUT2D eigenvalue weighted by Gasteiger charge is -2.15. The molecule has 0 spiro atoms. The van der Waals surface area contributed by atoms with E-state index < -0.39 is 5.97 Å². The van der Waals surface area contributed by atoms with Crippen molar-refractivity contribution < 1.29 is 14.7 Å². The monoisotopic (exact) mass is 362 g/mol. The van der Waals surface area contributed by atoms with E-state index in [9.17, 15) is 9.59 Å². The fourth-order valence-electron chi connectivity index (χ4n) is 3.97. The molecule has 0 saturated heterocycles. The Bertz CT molecular complexity index is 1010. The van der Waals surface area contributed by atoms with Gasteiger partial charge in [0.25, 0.3) is 5.91 Å². The van der Waals surface area contributed by atoms with Gasteiger partial charge >= 0.3 is 5.97 Å². The molecule has 0 saturated carbocycles. The summed E-state index contributed by atoms with van der Waals surface area (Å²) < 4.78 is 2.15. The zero-order valence-electron chi connectivity index (χ0n) is 15.1. The molecule has 27 heavy (non-hydrogen) atoms. The van der Waals surface area contributed by atoms with E-state index in [0.29, 0.717) is 12.1 Å². The Hall–Kier alpha value is -3.08. The van der Waals surface area contributed by atoms with E-state index in [4.69, 9.17) is 5.11 Å². The van der Waals surface area contributed by atoms with Crippen LogP contribution >= 0.6 is 0 Å². The third-order valence-corrected chi connectivity index (χ3v) is 5.22. The highest BCUT2D eigenvalue weighted by Gasteiger charge is 2.20. The summed E-state index contributed by atoms with van der Waals surface area (Å²) in [6, 6.07) is 15.1. The number of aliphatic carboxylic acids is 1. The molecule has 5 nitrogen and oxygen atoms in total. The molecule has 1 aromatic heterocycles. The van der Waals surface area contributed by atoms with Gasteiger partial charge in [-0.05, 0) is 61.6 Å². The Kier molecular flexibility index (Phi) is 4.67. The van der Waals surface area contributed by atoms with E-state index in [1.165, 1.54) is 11.3 Å². The number of carbonyl (C=O) groups excluding carboxylic acids is 1. The van der Waals surface area contributed by atoms with Crippen LogP contribution in [0.15, 0.2) is 48.5 Å². The summed E-state index contributed by atoms with van der Waals surface area (Å²) in [7, 11) is 0. The SMILES string of the molecule is O=C(O)CCn1c2c(c3cc(NC(=O)c4ccccc4)ccc31)CCCC2. The number of carboxylic acid groups (broad SMARTS) is 1. The number of benzene rings is 2. The molecule has 0 unspecified atom stereocenters. The summed E-state index contributed by atoms with van der Waals surface area (Å²) in [6.45, 7) is 0.483. The minimum absolute atomic E-state index is 0.114. The van der Waals surface area contributed by atoms with Crippen LogP contribution in [0.5, 0.6) is 0 Å². The molecule has 1 aliphatic rings. The van der Waals surface area contributed by atoms with E-state index in [1.54, 1.807) is 12.1 Å². The summed E-state index contributed by atoms with van der Waals surface area (Å²) in [5.74, 6) is -0.915. The van der Waals surface area contributed by atoms with Gasteiger partial charge in [-0.1, -0.05) is 18.2 Å². The molecule has 1 amide bonds. The maximum absolute atomic E-state index is 12.4. The van der Waals surface area contributed by atoms with Crippen molar-refractivity contribution in [2.75, 3.05) is 5.32 Å². The Morgan fingerprint density at radius 1 is 1.04 bits per heavy atom. The van der Waals surface area contributed by atoms with E-state index in [0.717, 1.165) is 42.3 Å². The molecule has 2 N–H and O–H groups in total. The van der Waals surface area contributed by atoms with Crippen molar-refractivity contribution >= 4 is 28.5 Å². The minimum atomic E-state index is -0.784. The number of nitrogens with zero attached hydrogens (tertiary/aromatic N) is 1. The lowest BCUT2D eigenvalue weighted by Crippen LogP contribution is -2.11. The summed E-state index contributed by atoms with van der Waals surface area (Å²) in [5, 5.41) is 13.2. The zero-order valence-corrected chi connectivity index (χ0v) is 15.1. The van der Waals surface area contributed by atoms with Gasteiger partial charge < -0.3 is 15.0 Å². The summed E-state index contributed by atoms with van der Waals surface area (Å²) in [4.78, 5) is 23.5. The van der Waals surface area contributed by atoms with Crippen LogP contribution in [-0.2, 0) is 24.2 Å². The lowest BCUT2D eigenvalue weighted by molar-refractivity contribution is -0.137. The summed E-state index contributed by atoms with van der Waals surface area (Å²) >= 11 is 0. The van der Waals surface area contributed by atoms with Gasteiger partial charge in [-0.15, -0.1) is 0 Å². The van der Waals surface area contributed by atoms with Crippen molar-refractivity contribution in [1.29, 1.82) is 0 Å². The maximum Gasteiger partial charge on any atom is 0.305 e. The van der Waals surface area contributed by atoms with Gasteiger partial charge in [0, 0.05) is 34.4 Å². The number of hydrogen-bond donors (Lipinski definition) is 2. The third-order valence-electron chi connectivity index (χ3n) is 5.22. The molecular weight excluding hydrogens is 340 g/mol. The first-order valence-corrected chi connectivity index (χ1v) is 9.35. The molecule has 1 heterocycles. The van der Waals surface area contributed by atoms with Crippen molar-refractivity contribution in [2.45, 2.75) is 38.6 Å². The van der Waals surface area contributed by atoms with Crippen LogP contribution in [0, 0.1) is 0 Å². The van der Waals surface area contributed by atoms with E-state index in [2.05, 4.69) is 9.88 Å². The van der Waals surface area contributed by atoms with E-state index in [1.807, 2.05) is 36.4 Å². The number of carbonyl (C=O) groups is 2. The van der Waals surface area contributed by atoms with Crippen LogP contribution in [0.3, 0.4) is 0 Å². The minimum Gasteiger partial charge on any atom is -0.481 e. The molecular formula is C22H22N2O3. The molecule has 0 atom stereocenters. The molecule has 3 aromatic rings. The Balaban J connectivity index is 1.69. The van der Waals surface area contributed by atoms with E-state index >= 15 is 0 Å². The Labute approximate surface area is 157 Å². The third kappa shape index (κ3) is 3.45. The molecule has 4 rings (SSSR count). The largest absolute Gasteiger partial charge is 0.481 e. The molecule has 0 bridgehead atoms. The van der Waals surface area contributed by atoms with Crippen LogP contribution in [0.1, 0.15) is 40.9 Å². The average Bonchev–Trinajstić information content (AvgIpc) is 3.00. The highest BCUT2D eigenvalue weighted by molar-refractivity contribution is 6.05. The first kappa shape index (κ1) is 17.3. The number of rotatable bonds is 5. The van der Waals surface area contributed by atoms with Crippen molar-refractivity contribution in [3.8, 4) is 0 Å². The smallest absolute Gasteiger partial charge is 0.305 e. The van der Waals surface area contributed by atoms with Gasteiger partial charge in [0.15, 0.2) is 0 Å². The van der Waals surface area contributed by atoms with E-state index in [-0.39, 0.29) is 12.3 Å². The van der Waals surface area contributed by atoms with Crippen LogP contribution in [0.2, 0.25) is 0 Å². The van der Waals surface area contributed by atoms with Gasteiger partial charge in [0.05, 0.1) is 6.42 Å². The van der Waals surface area contributed by atoms with Crippen molar-refractivity contribution in [1.82, 2.24) is 4.57 Å². The number of aryl methyl sites for hydroxylation is 2. The van der Waals surface area contributed by atoms with Crippen LogP contribution in [-0.4, -0.2) is 21.6 Å². The second-order valence-corrected chi connectivity index (χ2v) is 6.98. The predicted octanol–water partition coefficient (Wildman–Crippen LogP) is 4.25. The molecule has 0 fully saturated rings. The average molecular weight is 362 g/mol. The quantitative estimate of drug-likeness (QED) is 0.713. The fraction of sp³-hybridized carbons (Fsp3) is 0.273. The van der Waals surface area contributed by atoms with Gasteiger partial charge in [-0.25, -0.2) is 0 Å². The van der Waals surface area contributed by atoms with Crippen LogP contribution < -0.4 is 5.32 Å². The lowest BCUT2D eigenvalue weighted by atomic mass is 9.95. The molecule has 2 aromatic carbocycles. The molecule has 138 valence electrons. The second-order valence-electron chi connectivity index (χ2n) is 6.98. The number of hydrogen-bond acceptors (Lipinski definition) is 2. The predicted molar refractivity (Wildman–Crippen MR) is 105 cm³/mol. The molecule has 1 aliphatic carbocycles. The highest BCUT2D eigenvalue weighted by Crippen LogP contribution is 2.34. The zero-order chi connectivity index (χ0) is 18.8. The first-order chi connectivity index (χ1) is 13.1. The first-order valence-electron chi connectivity index (χ1n) is 9.35. The second kappa shape index (κ2) is 7.27. The maximum atomic E-state index is 12.4.